The van der Waals surface area contributed by atoms with Gasteiger partial charge in [-0.25, -0.2) is 4.79 Å². The van der Waals surface area contributed by atoms with Crippen LogP contribution in [-0.4, -0.2) is 48.0 Å². The van der Waals surface area contributed by atoms with E-state index in [9.17, 15) is 9.59 Å². The van der Waals surface area contributed by atoms with Crippen LogP contribution in [0.25, 0.3) is 10.8 Å². The number of hydrogen-bond acceptors (Lipinski definition) is 3. The van der Waals surface area contributed by atoms with Gasteiger partial charge in [-0.3, -0.25) is 4.79 Å². The van der Waals surface area contributed by atoms with E-state index in [2.05, 4.69) is 0 Å². The van der Waals surface area contributed by atoms with E-state index < -0.39 is 0 Å². The number of carbonyl (C=O) groups excluding carboxylic acids is 2. The molecule has 2 aliphatic heterocycles. The quantitative estimate of drug-likeness (QED) is 0.570. The lowest BCUT2D eigenvalue weighted by Crippen LogP contribution is -2.48. The van der Waals surface area contributed by atoms with Crippen LogP contribution in [0.2, 0.25) is 5.02 Å². The number of piperidine rings is 1. The summed E-state index contributed by atoms with van der Waals surface area (Å²) in [6.07, 6.45) is 3.69. The summed E-state index contributed by atoms with van der Waals surface area (Å²) in [5, 5.41) is 2.31. The Morgan fingerprint density at radius 1 is 0.926 bits per heavy atom. The molecule has 6 heteroatoms. The van der Waals surface area contributed by atoms with Crippen LogP contribution in [0, 0.1) is 5.92 Å². The Labute approximate surface area is 163 Å². The molecule has 0 N–H and O–H groups in total. The van der Waals surface area contributed by atoms with Gasteiger partial charge in [-0.05, 0) is 37.8 Å². The van der Waals surface area contributed by atoms with Gasteiger partial charge in [0.05, 0.1) is 5.92 Å². The number of hydrogen-bond donors (Lipinski definition) is 0. The van der Waals surface area contributed by atoms with E-state index in [0.717, 1.165) is 49.5 Å². The Bertz CT molecular complexity index is 864. The average molecular weight is 387 g/mol. The molecule has 0 radical (unpaired) electrons. The molecule has 2 amide bonds. The van der Waals surface area contributed by atoms with Crippen molar-refractivity contribution in [1.82, 2.24) is 9.80 Å². The number of carbonyl (C=O) groups is 2. The molecule has 2 aliphatic rings. The van der Waals surface area contributed by atoms with Gasteiger partial charge in [0.2, 0.25) is 0 Å². The van der Waals surface area contributed by atoms with Crippen LogP contribution in [-0.2, 0) is 4.79 Å². The predicted molar refractivity (Wildman–Crippen MR) is 105 cm³/mol. The number of esters is 1. The van der Waals surface area contributed by atoms with Crippen LogP contribution in [0.1, 0.15) is 25.7 Å². The van der Waals surface area contributed by atoms with E-state index >= 15 is 0 Å². The zero-order valence-corrected chi connectivity index (χ0v) is 16.0. The molecule has 0 aromatic heterocycles. The Morgan fingerprint density at radius 3 is 2.41 bits per heavy atom. The van der Waals surface area contributed by atoms with Crippen LogP contribution < -0.4 is 4.74 Å². The maximum absolute atomic E-state index is 12.8. The molecule has 2 saturated heterocycles. The molecule has 2 heterocycles. The maximum atomic E-state index is 12.8. The van der Waals surface area contributed by atoms with Crippen LogP contribution in [0.4, 0.5) is 4.79 Å². The number of amides is 2. The smallest absolute Gasteiger partial charge is 0.320 e. The van der Waals surface area contributed by atoms with E-state index in [0.29, 0.717) is 23.9 Å². The normalized spacial score (nSPS) is 20.1. The maximum Gasteiger partial charge on any atom is 0.320 e. The lowest BCUT2D eigenvalue weighted by atomic mass is 9.98. The van der Waals surface area contributed by atoms with Crippen LogP contribution >= 0.6 is 11.6 Å². The minimum atomic E-state index is -0.292. The van der Waals surface area contributed by atoms with Crippen LogP contribution in [0.15, 0.2) is 36.4 Å². The van der Waals surface area contributed by atoms with Gasteiger partial charge < -0.3 is 14.5 Å². The standard InChI is InChI=1S/C21H23ClN2O3/c22-18-9-10-19(17-8-2-1-7-16(17)18)27-20(25)15-6-5-13-24(14-15)21(26)23-11-3-4-12-23/h1-2,7-10,15H,3-6,11-14H2/t15-/m1/s1. The van der Waals surface area contributed by atoms with Gasteiger partial charge in [0.15, 0.2) is 0 Å². The van der Waals surface area contributed by atoms with Gasteiger partial charge in [0.1, 0.15) is 5.75 Å². The molecule has 0 saturated carbocycles. The molecule has 0 bridgehead atoms. The number of fused-ring (bicyclic) bond motifs is 1. The van der Waals surface area contributed by atoms with Gasteiger partial charge >= 0.3 is 12.0 Å². The number of benzene rings is 2. The first-order chi connectivity index (χ1) is 13.1. The number of urea groups is 1. The molecule has 0 aliphatic carbocycles. The number of likely N-dealkylation sites (tertiary alicyclic amines) is 2. The highest BCUT2D eigenvalue weighted by Gasteiger charge is 2.32. The van der Waals surface area contributed by atoms with Crippen molar-refractivity contribution in [2.24, 2.45) is 5.92 Å². The highest BCUT2D eigenvalue weighted by molar-refractivity contribution is 6.35. The van der Waals surface area contributed by atoms with Crippen molar-refractivity contribution in [3.05, 3.63) is 41.4 Å². The molecule has 142 valence electrons. The Balaban J connectivity index is 1.47. The van der Waals surface area contributed by atoms with E-state index in [1.165, 1.54) is 0 Å². The fourth-order valence-corrected chi connectivity index (χ4v) is 4.19. The van der Waals surface area contributed by atoms with E-state index in [1.807, 2.05) is 29.2 Å². The summed E-state index contributed by atoms with van der Waals surface area (Å²) in [6.45, 7) is 2.78. The second-order valence-electron chi connectivity index (χ2n) is 7.27. The summed E-state index contributed by atoms with van der Waals surface area (Å²) >= 11 is 6.24. The van der Waals surface area contributed by atoms with Crippen molar-refractivity contribution in [3.63, 3.8) is 0 Å². The molecule has 2 aromatic rings. The van der Waals surface area contributed by atoms with Gasteiger partial charge in [-0.2, -0.15) is 0 Å². The third-order valence-corrected chi connectivity index (χ3v) is 5.77. The topological polar surface area (TPSA) is 49.9 Å². The molecule has 4 rings (SSSR count). The first-order valence-corrected chi connectivity index (χ1v) is 9.94. The zero-order chi connectivity index (χ0) is 18.8. The largest absolute Gasteiger partial charge is 0.426 e. The fourth-order valence-electron chi connectivity index (χ4n) is 3.97. The van der Waals surface area contributed by atoms with Gasteiger partial charge in [0.25, 0.3) is 0 Å². The molecular formula is C21H23ClN2O3. The summed E-state index contributed by atoms with van der Waals surface area (Å²) in [5.41, 5.74) is 0. The van der Waals surface area contributed by atoms with Crippen LogP contribution in [0.5, 0.6) is 5.75 Å². The molecular weight excluding hydrogens is 364 g/mol. The van der Waals surface area contributed by atoms with Crippen LogP contribution in [0.3, 0.4) is 0 Å². The SMILES string of the molecule is O=C(Oc1ccc(Cl)c2ccccc12)[C@@H]1CCCN(C(=O)N2CCCC2)C1. The first-order valence-electron chi connectivity index (χ1n) is 9.56. The molecule has 1 atom stereocenters. The molecule has 5 nitrogen and oxygen atoms in total. The Morgan fingerprint density at radius 2 is 1.63 bits per heavy atom. The summed E-state index contributed by atoms with van der Waals surface area (Å²) in [4.78, 5) is 29.1. The summed E-state index contributed by atoms with van der Waals surface area (Å²) in [7, 11) is 0. The summed E-state index contributed by atoms with van der Waals surface area (Å²) < 4.78 is 5.73. The molecule has 2 aromatic carbocycles. The average Bonchev–Trinajstić information content (AvgIpc) is 3.24. The van der Waals surface area contributed by atoms with Gasteiger partial charge in [-0.15, -0.1) is 0 Å². The Kier molecular flexibility index (Phi) is 5.21. The van der Waals surface area contributed by atoms with Crippen molar-refractivity contribution >= 4 is 34.4 Å². The minimum Gasteiger partial charge on any atom is -0.426 e. The molecule has 2 fully saturated rings. The Hall–Kier alpha value is -2.27. The third-order valence-electron chi connectivity index (χ3n) is 5.44. The van der Waals surface area contributed by atoms with Crippen molar-refractivity contribution < 1.29 is 14.3 Å². The number of ether oxygens (including phenoxy) is 1. The molecule has 0 spiro atoms. The summed E-state index contributed by atoms with van der Waals surface area (Å²) in [6, 6.07) is 11.1. The van der Waals surface area contributed by atoms with Crippen molar-refractivity contribution in [1.29, 1.82) is 0 Å². The summed E-state index contributed by atoms with van der Waals surface area (Å²) in [5.74, 6) is -0.0517. The second-order valence-corrected chi connectivity index (χ2v) is 7.68. The lowest BCUT2D eigenvalue weighted by Gasteiger charge is -2.34. The van der Waals surface area contributed by atoms with Crippen molar-refractivity contribution in [3.8, 4) is 5.75 Å². The predicted octanol–water partition coefficient (Wildman–Crippen LogP) is 4.33. The lowest BCUT2D eigenvalue weighted by molar-refractivity contribution is -0.140. The van der Waals surface area contributed by atoms with E-state index in [4.69, 9.17) is 16.3 Å². The number of nitrogens with zero attached hydrogens (tertiary/aromatic N) is 2. The van der Waals surface area contributed by atoms with Crippen molar-refractivity contribution in [2.45, 2.75) is 25.7 Å². The first kappa shape index (κ1) is 18.1. The third kappa shape index (κ3) is 3.74. The minimum absolute atomic E-state index is 0.0574. The fraction of sp³-hybridized carbons (Fsp3) is 0.429. The monoisotopic (exact) mass is 386 g/mol. The van der Waals surface area contributed by atoms with Crippen molar-refractivity contribution in [2.75, 3.05) is 26.2 Å². The molecule has 0 unspecified atom stereocenters. The van der Waals surface area contributed by atoms with Gasteiger partial charge in [0, 0.05) is 42.0 Å². The zero-order valence-electron chi connectivity index (χ0n) is 15.2. The second kappa shape index (κ2) is 7.77. The number of halogens is 1. The molecule has 27 heavy (non-hydrogen) atoms. The highest BCUT2D eigenvalue weighted by atomic mass is 35.5. The van der Waals surface area contributed by atoms with E-state index in [-0.39, 0.29) is 17.9 Å². The van der Waals surface area contributed by atoms with E-state index in [1.54, 1.807) is 17.0 Å². The number of rotatable bonds is 2. The highest BCUT2D eigenvalue weighted by Crippen LogP contribution is 2.32. The van der Waals surface area contributed by atoms with Gasteiger partial charge in [-0.1, -0.05) is 35.9 Å².